The van der Waals surface area contributed by atoms with E-state index in [-0.39, 0.29) is 5.41 Å². The molecule has 1 aromatic rings. The molecule has 1 saturated carbocycles. The Morgan fingerprint density at radius 2 is 1.89 bits per heavy atom. The maximum Gasteiger partial charge on any atom is 0.309 e. The van der Waals surface area contributed by atoms with Crippen LogP contribution in [0.15, 0.2) is 36.4 Å². The van der Waals surface area contributed by atoms with E-state index in [0.29, 0.717) is 5.92 Å². The van der Waals surface area contributed by atoms with Gasteiger partial charge in [0.2, 0.25) is 0 Å². The topological polar surface area (TPSA) is 37.3 Å². The molecule has 19 heavy (non-hydrogen) atoms. The maximum atomic E-state index is 11.5. The lowest BCUT2D eigenvalue weighted by Crippen LogP contribution is -2.40. The first-order chi connectivity index (χ1) is 8.88. The normalized spacial score (nSPS) is 29.7. The molecule has 1 aromatic carbocycles. The fourth-order valence-corrected chi connectivity index (χ4v) is 3.05. The van der Waals surface area contributed by atoms with Gasteiger partial charge in [0.25, 0.3) is 0 Å². The molecule has 2 rings (SSSR count). The van der Waals surface area contributed by atoms with Crippen molar-refractivity contribution >= 4 is 12.0 Å². The molecule has 0 aliphatic heterocycles. The molecule has 0 saturated heterocycles. The quantitative estimate of drug-likeness (QED) is 0.881. The molecule has 0 amide bonds. The van der Waals surface area contributed by atoms with Gasteiger partial charge in [-0.3, -0.25) is 4.79 Å². The molecule has 1 fully saturated rings. The average Bonchev–Trinajstić information content (AvgIpc) is 2.61. The summed E-state index contributed by atoms with van der Waals surface area (Å²) in [6, 6.07) is 10.2. The van der Waals surface area contributed by atoms with Crippen LogP contribution < -0.4 is 0 Å². The number of carboxylic acids is 1. The summed E-state index contributed by atoms with van der Waals surface area (Å²) in [6.45, 7) is 6.04. The van der Waals surface area contributed by atoms with Gasteiger partial charge in [-0.05, 0) is 36.7 Å². The lowest BCUT2D eigenvalue weighted by Gasteiger charge is -2.37. The Labute approximate surface area is 115 Å². The van der Waals surface area contributed by atoms with E-state index >= 15 is 0 Å². The fourth-order valence-electron chi connectivity index (χ4n) is 3.05. The monoisotopic (exact) mass is 258 g/mol. The minimum Gasteiger partial charge on any atom is -0.481 e. The largest absolute Gasteiger partial charge is 0.481 e. The van der Waals surface area contributed by atoms with Gasteiger partial charge in [-0.1, -0.05) is 56.3 Å². The summed E-state index contributed by atoms with van der Waals surface area (Å²) in [5.41, 5.74) is 0.324. The van der Waals surface area contributed by atoms with Crippen molar-refractivity contribution in [2.75, 3.05) is 0 Å². The van der Waals surface area contributed by atoms with Crippen LogP contribution in [0.5, 0.6) is 0 Å². The van der Waals surface area contributed by atoms with Crippen molar-refractivity contribution in [3.63, 3.8) is 0 Å². The zero-order chi connectivity index (χ0) is 14.1. The number of hydrogen-bond acceptors (Lipinski definition) is 1. The molecule has 0 unspecified atom stereocenters. The first kappa shape index (κ1) is 13.9. The van der Waals surface area contributed by atoms with Gasteiger partial charge in [-0.2, -0.15) is 0 Å². The van der Waals surface area contributed by atoms with Crippen LogP contribution in [0.3, 0.4) is 0 Å². The molecule has 1 aliphatic rings. The average molecular weight is 258 g/mol. The van der Waals surface area contributed by atoms with E-state index in [1.165, 1.54) is 5.56 Å². The van der Waals surface area contributed by atoms with Crippen molar-refractivity contribution in [2.24, 2.45) is 16.7 Å². The van der Waals surface area contributed by atoms with Crippen molar-refractivity contribution in [3.8, 4) is 0 Å². The molecule has 102 valence electrons. The Hall–Kier alpha value is -1.57. The van der Waals surface area contributed by atoms with Crippen LogP contribution in [0.1, 0.15) is 39.2 Å². The number of rotatable bonds is 3. The molecule has 0 bridgehead atoms. The summed E-state index contributed by atoms with van der Waals surface area (Å²) < 4.78 is 0. The molecule has 0 heterocycles. The van der Waals surface area contributed by atoms with Gasteiger partial charge in [0.05, 0.1) is 5.41 Å². The lowest BCUT2D eigenvalue weighted by molar-refractivity contribution is -0.154. The van der Waals surface area contributed by atoms with Crippen LogP contribution in [0.25, 0.3) is 6.08 Å². The van der Waals surface area contributed by atoms with Crippen molar-refractivity contribution < 1.29 is 9.90 Å². The zero-order valence-corrected chi connectivity index (χ0v) is 11.9. The molecule has 2 heteroatoms. The van der Waals surface area contributed by atoms with Crippen LogP contribution in [-0.4, -0.2) is 11.1 Å². The molecule has 0 radical (unpaired) electrons. The highest BCUT2D eigenvalue weighted by Crippen LogP contribution is 2.56. The summed E-state index contributed by atoms with van der Waals surface area (Å²) in [4.78, 5) is 11.5. The summed E-state index contributed by atoms with van der Waals surface area (Å²) in [5.74, 6) is -0.359. The highest BCUT2D eigenvalue weighted by atomic mass is 16.4. The fraction of sp³-hybridized carbons (Fsp3) is 0.471. The lowest BCUT2D eigenvalue weighted by atomic mass is 9.65. The van der Waals surface area contributed by atoms with Gasteiger partial charge in [0.15, 0.2) is 0 Å². The number of aliphatic carboxylic acids is 1. The summed E-state index contributed by atoms with van der Waals surface area (Å²) in [5, 5.41) is 9.49. The molecule has 2 nitrogen and oxygen atoms in total. The molecule has 0 spiro atoms. The SMILES string of the molecule is CC1(C)[C@H](/C=C\c2ccccc2)CC[C@@]1(C)C(=O)O. The van der Waals surface area contributed by atoms with Crippen LogP contribution in [-0.2, 0) is 4.79 Å². The number of carbonyl (C=O) groups is 1. The van der Waals surface area contributed by atoms with E-state index in [1.807, 2.05) is 25.1 Å². The van der Waals surface area contributed by atoms with E-state index in [1.54, 1.807) is 0 Å². The van der Waals surface area contributed by atoms with Gasteiger partial charge >= 0.3 is 5.97 Å². The second-order valence-electron chi connectivity index (χ2n) is 6.27. The summed E-state index contributed by atoms with van der Waals surface area (Å²) >= 11 is 0. The smallest absolute Gasteiger partial charge is 0.309 e. The molecular formula is C17H22O2. The summed E-state index contributed by atoms with van der Waals surface area (Å²) in [7, 11) is 0. The second kappa shape index (κ2) is 4.84. The maximum absolute atomic E-state index is 11.5. The van der Waals surface area contributed by atoms with Crippen LogP contribution >= 0.6 is 0 Å². The Morgan fingerprint density at radius 3 is 2.42 bits per heavy atom. The highest BCUT2D eigenvalue weighted by molar-refractivity contribution is 5.76. The van der Waals surface area contributed by atoms with Gasteiger partial charge in [0, 0.05) is 0 Å². The number of allylic oxidation sites excluding steroid dienone is 1. The Balaban J connectivity index is 2.20. The molecule has 1 N–H and O–H groups in total. The van der Waals surface area contributed by atoms with E-state index in [9.17, 15) is 9.90 Å². The first-order valence-electron chi connectivity index (χ1n) is 6.84. The third kappa shape index (κ3) is 2.32. The summed E-state index contributed by atoms with van der Waals surface area (Å²) in [6.07, 6.45) is 5.99. The first-order valence-corrected chi connectivity index (χ1v) is 6.84. The van der Waals surface area contributed by atoms with Crippen LogP contribution in [0.4, 0.5) is 0 Å². The van der Waals surface area contributed by atoms with Crippen molar-refractivity contribution in [1.82, 2.24) is 0 Å². The molecular weight excluding hydrogens is 236 g/mol. The number of carboxylic acid groups (broad SMARTS) is 1. The number of hydrogen-bond donors (Lipinski definition) is 1. The Bertz CT molecular complexity index is 487. The predicted molar refractivity (Wildman–Crippen MR) is 77.7 cm³/mol. The third-order valence-corrected chi connectivity index (χ3v) is 5.10. The van der Waals surface area contributed by atoms with E-state index in [4.69, 9.17) is 0 Å². The minimum atomic E-state index is -0.673. The number of benzene rings is 1. The Kier molecular flexibility index (Phi) is 3.53. The molecule has 0 aromatic heterocycles. The third-order valence-electron chi connectivity index (χ3n) is 5.10. The molecule has 1 aliphatic carbocycles. The zero-order valence-electron chi connectivity index (χ0n) is 11.9. The van der Waals surface area contributed by atoms with Gasteiger partial charge in [-0.15, -0.1) is 0 Å². The van der Waals surface area contributed by atoms with Gasteiger partial charge in [0.1, 0.15) is 0 Å². The van der Waals surface area contributed by atoms with E-state index in [0.717, 1.165) is 12.8 Å². The van der Waals surface area contributed by atoms with Crippen molar-refractivity contribution in [1.29, 1.82) is 0 Å². The van der Waals surface area contributed by atoms with Crippen LogP contribution in [0.2, 0.25) is 0 Å². The van der Waals surface area contributed by atoms with Crippen LogP contribution in [0, 0.1) is 16.7 Å². The van der Waals surface area contributed by atoms with Crippen molar-refractivity contribution in [2.45, 2.75) is 33.6 Å². The van der Waals surface area contributed by atoms with Gasteiger partial charge < -0.3 is 5.11 Å². The second-order valence-corrected chi connectivity index (χ2v) is 6.27. The predicted octanol–water partition coefficient (Wildman–Crippen LogP) is 4.23. The van der Waals surface area contributed by atoms with E-state index < -0.39 is 11.4 Å². The Morgan fingerprint density at radius 1 is 1.26 bits per heavy atom. The highest BCUT2D eigenvalue weighted by Gasteiger charge is 2.55. The van der Waals surface area contributed by atoms with E-state index in [2.05, 4.69) is 38.1 Å². The van der Waals surface area contributed by atoms with Gasteiger partial charge in [-0.25, -0.2) is 0 Å². The standard InChI is InChI=1S/C17H22O2/c1-16(2)14(11-12-17(16,3)15(18)19)10-9-13-7-5-4-6-8-13/h4-10,14H,11-12H2,1-3H3,(H,18,19)/b10-9-/t14-,17+/m1/s1. The van der Waals surface area contributed by atoms with Crippen molar-refractivity contribution in [3.05, 3.63) is 42.0 Å². The molecule has 2 atom stereocenters. The minimum absolute atomic E-state index is 0.218.